The molecule has 29 heavy (non-hydrogen) atoms. The highest BCUT2D eigenvalue weighted by molar-refractivity contribution is 9.10. The molecule has 4 rings (SSSR count). The second-order valence-electron chi connectivity index (χ2n) is 5.99. The molecule has 2 aromatic heterocycles. The standard InChI is InChI=1S/C21H16BrN3O2S2/c22-15-8-9-18-19(13-15)29-21(24-18)25(23-14-16-5-4-11-27-16)20(26)10-12-28-17-6-2-1-3-7-17/h1-9,11,13-14H,10,12H2/b23-14+. The lowest BCUT2D eigenvalue weighted by molar-refractivity contribution is -0.118. The van der Waals surface area contributed by atoms with Gasteiger partial charge in [0, 0.05) is 21.5 Å². The van der Waals surface area contributed by atoms with E-state index in [1.54, 1.807) is 30.2 Å². The van der Waals surface area contributed by atoms with E-state index in [1.807, 2.05) is 48.5 Å². The molecular weight excluding hydrogens is 470 g/mol. The third kappa shape index (κ3) is 5.14. The van der Waals surface area contributed by atoms with Crippen molar-refractivity contribution in [3.63, 3.8) is 0 Å². The summed E-state index contributed by atoms with van der Waals surface area (Å²) < 4.78 is 7.25. The van der Waals surface area contributed by atoms with Crippen molar-refractivity contribution in [2.45, 2.75) is 11.3 Å². The number of aromatic nitrogens is 1. The minimum atomic E-state index is -0.116. The SMILES string of the molecule is O=C(CCSc1ccccc1)N(/N=C/c1ccco1)c1nc2ccc(Br)cc2s1. The first-order chi connectivity index (χ1) is 14.2. The molecule has 5 nitrogen and oxygen atoms in total. The first kappa shape index (κ1) is 19.9. The number of carbonyl (C=O) groups is 1. The zero-order valence-corrected chi connectivity index (χ0v) is 18.4. The number of nitrogens with zero attached hydrogens (tertiary/aromatic N) is 3. The summed E-state index contributed by atoms with van der Waals surface area (Å²) in [6.07, 6.45) is 3.44. The molecule has 4 aromatic rings. The number of hydrogen-bond acceptors (Lipinski definition) is 6. The molecule has 2 heterocycles. The number of furan rings is 1. The Bertz CT molecular complexity index is 1130. The van der Waals surface area contributed by atoms with Gasteiger partial charge >= 0.3 is 0 Å². The van der Waals surface area contributed by atoms with Gasteiger partial charge in [0.25, 0.3) is 0 Å². The topological polar surface area (TPSA) is 58.7 Å². The zero-order chi connectivity index (χ0) is 20.1. The number of hydrazone groups is 1. The van der Waals surface area contributed by atoms with Crippen molar-refractivity contribution in [1.82, 2.24) is 4.98 Å². The molecule has 146 valence electrons. The van der Waals surface area contributed by atoms with Gasteiger partial charge in [-0.2, -0.15) is 10.1 Å². The lowest BCUT2D eigenvalue weighted by Gasteiger charge is -2.13. The number of carbonyl (C=O) groups excluding carboxylic acids is 1. The molecule has 8 heteroatoms. The Morgan fingerprint density at radius 3 is 2.86 bits per heavy atom. The van der Waals surface area contributed by atoms with Crippen molar-refractivity contribution in [3.8, 4) is 0 Å². The van der Waals surface area contributed by atoms with E-state index in [0.717, 1.165) is 19.6 Å². The molecule has 0 saturated heterocycles. The van der Waals surface area contributed by atoms with Crippen LogP contribution in [0, 0.1) is 0 Å². The molecular formula is C21H16BrN3O2S2. The van der Waals surface area contributed by atoms with E-state index in [4.69, 9.17) is 4.42 Å². The van der Waals surface area contributed by atoms with Gasteiger partial charge in [-0.15, -0.1) is 11.8 Å². The molecule has 0 fully saturated rings. The first-order valence-corrected chi connectivity index (χ1v) is 11.4. The smallest absolute Gasteiger partial charge is 0.250 e. The highest BCUT2D eigenvalue weighted by Crippen LogP contribution is 2.31. The summed E-state index contributed by atoms with van der Waals surface area (Å²) >= 11 is 6.55. The Kier molecular flexibility index (Phi) is 6.43. The summed E-state index contributed by atoms with van der Waals surface area (Å²) in [4.78, 5) is 18.7. The Hall–Kier alpha value is -2.42. The number of benzene rings is 2. The van der Waals surface area contributed by atoms with Gasteiger partial charge in [0.1, 0.15) is 5.76 Å². The van der Waals surface area contributed by atoms with E-state index >= 15 is 0 Å². The highest BCUT2D eigenvalue weighted by Gasteiger charge is 2.19. The van der Waals surface area contributed by atoms with Crippen LogP contribution in [0.5, 0.6) is 0 Å². The van der Waals surface area contributed by atoms with Crippen LogP contribution in [0.2, 0.25) is 0 Å². The second kappa shape index (κ2) is 9.39. The van der Waals surface area contributed by atoms with Gasteiger partial charge in [0.05, 0.1) is 22.7 Å². The number of fused-ring (bicyclic) bond motifs is 1. The van der Waals surface area contributed by atoms with Gasteiger partial charge in [0.2, 0.25) is 11.0 Å². The predicted molar refractivity (Wildman–Crippen MR) is 123 cm³/mol. The van der Waals surface area contributed by atoms with Crippen molar-refractivity contribution >= 4 is 66.5 Å². The number of anilines is 1. The van der Waals surface area contributed by atoms with Crippen LogP contribution >= 0.6 is 39.0 Å². The van der Waals surface area contributed by atoms with Crippen LogP contribution in [-0.2, 0) is 4.79 Å². The van der Waals surface area contributed by atoms with Crippen molar-refractivity contribution in [2.24, 2.45) is 5.10 Å². The molecule has 0 aliphatic heterocycles. The number of amides is 1. The van der Waals surface area contributed by atoms with E-state index in [0.29, 0.717) is 23.1 Å². The van der Waals surface area contributed by atoms with Gasteiger partial charge in [-0.25, -0.2) is 4.98 Å². The Labute approximate surface area is 184 Å². The molecule has 0 N–H and O–H groups in total. The van der Waals surface area contributed by atoms with Gasteiger partial charge in [-0.3, -0.25) is 4.79 Å². The molecule has 0 aliphatic rings. The molecule has 0 bridgehead atoms. The molecule has 0 spiro atoms. The number of thioether (sulfide) groups is 1. The lowest BCUT2D eigenvalue weighted by atomic mass is 10.3. The number of rotatable bonds is 7. The van der Waals surface area contributed by atoms with Crippen LogP contribution in [0.1, 0.15) is 12.2 Å². The minimum Gasteiger partial charge on any atom is -0.463 e. The van der Waals surface area contributed by atoms with Crippen LogP contribution in [0.25, 0.3) is 10.2 Å². The summed E-state index contributed by atoms with van der Waals surface area (Å²) in [6.45, 7) is 0. The van der Waals surface area contributed by atoms with Crippen molar-refractivity contribution in [2.75, 3.05) is 10.8 Å². The maximum absolute atomic E-state index is 13.0. The van der Waals surface area contributed by atoms with Gasteiger partial charge in [-0.05, 0) is 42.5 Å². The Balaban J connectivity index is 1.54. The average Bonchev–Trinajstić information content (AvgIpc) is 3.38. The van der Waals surface area contributed by atoms with E-state index in [-0.39, 0.29) is 5.91 Å². The molecule has 0 radical (unpaired) electrons. The quantitative estimate of drug-likeness (QED) is 0.177. The number of thiazole rings is 1. The second-order valence-corrected chi connectivity index (χ2v) is 9.08. The molecule has 1 amide bonds. The van der Waals surface area contributed by atoms with E-state index in [2.05, 4.69) is 26.0 Å². The monoisotopic (exact) mass is 485 g/mol. The summed E-state index contributed by atoms with van der Waals surface area (Å²) in [5.74, 6) is 1.12. The third-order valence-electron chi connectivity index (χ3n) is 3.93. The average molecular weight is 486 g/mol. The van der Waals surface area contributed by atoms with Crippen LogP contribution in [0.3, 0.4) is 0 Å². The number of halogens is 1. The summed E-state index contributed by atoms with van der Waals surface area (Å²) in [5, 5.41) is 6.28. The fraction of sp³-hybridized carbons (Fsp3) is 0.0952. The first-order valence-electron chi connectivity index (χ1n) is 8.83. The van der Waals surface area contributed by atoms with Crippen molar-refractivity contribution in [1.29, 1.82) is 0 Å². The fourth-order valence-corrected chi connectivity index (χ4v) is 4.91. The Morgan fingerprint density at radius 1 is 1.21 bits per heavy atom. The summed E-state index contributed by atoms with van der Waals surface area (Å²) in [5.41, 5.74) is 0.831. The Morgan fingerprint density at radius 2 is 2.07 bits per heavy atom. The van der Waals surface area contributed by atoms with Crippen LogP contribution in [-0.4, -0.2) is 22.9 Å². The van der Waals surface area contributed by atoms with E-state index < -0.39 is 0 Å². The van der Waals surface area contributed by atoms with Gasteiger partial charge < -0.3 is 4.42 Å². The maximum atomic E-state index is 13.0. The lowest BCUT2D eigenvalue weighted by Crippen LogP contribution is -2.25. The predicted octanol–water partition coefficient (Wildman–Crippen LogP) is 6.20. The summed E-state index contributed by atoms with van der Waals surface area (Å²) in [7, 11) is 0. The normalized spacial score (nSPS) is 11.3. The van der Waals surface area contributed by atoms with Crippen molar-refractivity contribution < 1.29 is 9.21 Å². The molecule has 2 aromatic carbocycles. The molecule has 0 unspecified atom stereocenters. The van der Waals surface area contributed by atoms with E-state index in [9.17, 15) is 4.79 Å². The van der Waals surface area contributed by atoms with Gasteiger partial charge in [-0.1, -0.05) is 45.5 Å². The highest BCUT2D eigenvalue weighted by atomic mass is 79.9. The molecule has 0 atom stereocenters. The largest absolute Gasteiger partial charge is 0.463 e. The molecule has 0 aliphatic carbocycles. The third-order valence-corrected chi connectivity index (χ3v) is 6.43. The number of hydrogen-bond donors (Lipinski definition) is 0. The van der Waals surface area contributed by atoms with Crippen LogP contribution in [0.4, 0.5) is 5.13 Å². The zero-order valence-electron chi connectivity index (χ0n) is 15.2. The van der Waals surface area contributed by atoms with Crippen LogP contribution in [0.15, 0.2) is 85.8 Å². The van der Waals surface area contributed by atoms with Crippen LogP contribution < -0.4 is 5.01 Å². The fourth-order valence-electron chi connectivity index (χ4n) is 2.56. The summed E-state index contributed by atoms with van der Waals surface area (Å²) in [6, 6.07) is 19.4. The molecule has 0 saturated carbocycles. The van der Waals surface area contributed by atoms with Gasteiger partial charge in [0.15, 0.2) is 0 Å². The maximum Gasteiger partial charge on any atom is 0.250 e. The van der Waals surface area contributed by atoms with Crippen molar-refractivity contribution in [3.05, 3.63) is 77.2 Å². The minimum absolute atomic E-state index is 0.116. The van der Waals surface area contributed by atoms with E-state index in [1.165, 1.54) is 22.6 Å².